The number of hydrogen-bond donors (Lipinski definition) is 0. The fourth-order valence-corrected chi connectivity index (χ4v) is 1.99. The number of hydrogen-bond acceptors (Lipinski definition) is 2. The number of aromatic nitrogens is 2. The molecule has 0 bridgehead atoms. The largest absolute Gasteiger partial charge is 0.495 e. The van der Waals surface area contributed by atoms with Crippen LogP contribution in [0.4, 0.5) is 0 Å². The van der Waals surface area contributed by atoms with E-state index in [0.29, 0.717) is 0 Å². The van der Waals surface area contributed by atoms with Gasteiger partial charge in [0.25, 0.3) is 0 Å². The molecule has 0 aliphatic carbocycles. The molecule has 0 aliphatic heterocycles. The fourth-order valence-electron chi connectivity index (χ4n) is 1.48. The highest BCUT2D eigenvalue weighted by atomic mass is 79.9. The third-order valence-electron chi connectivity index (χ3n) is 2.40. The van der Waals surface area contributed by atoms with E-state index in [-0.39, 0.29) is 0 Å². The van der Waals surface area contributed by atoms with Crippen molar-refractivity contribution in [1.29, 1.82) is 0 Å². The summed E-state index contributed by atoms with van der Waals surface area (Å²) in [6, 6.07) is 3.98. The molecule has 88 valence electrons. The molecule has 1 heterocycles. The number of nitrogens with zero attached hydrogens (tertiary/aromatic N) is 2. The average molecular weight is 285 g/mol. The van der Waals surface area contributed by atoms with Crippen LogP contribution in [0.2, 0.25) is 0 Å². The van der Waals surface area contributed by atoms with Gasteiger partial charge in [0.2, 0.25) is 0 Å². The average Bonchev–Trinajstić information content (AvgIpc) is 2.57. The molecule has 2 aromatic rings. The number of methoxy groups -OCH3 is 1. The minimum atomic E-state index is 0.815. The smallest absolute Gasteiger partial charge is 0.135 e. The van der Waals surface area contributed by atoms with E-state index < -0.39 is 0 Å². The van der Waals surface area contributed by atoms with Crippen molar-refractivity contribution in [3.05, 3.63) is 22.3 Å². The summed E-state index contributed by atoms with van der Waals surface area (Å²) >= 11 is 3.46. The van der Waals surface area contributed by atoms with Gasteiger partial charge in [0.05, 0.1) is 17.1 Å². The van der Waals surface area contributed by atoms with Gasteiger partial charge in [-0.15, -0.1) is 0 Å². The molecule has 3 nitrogen and oxygen atoms in total. The fraction of sp³-hybridized carbons (Fsp3) is 0.417. The Morgan fingerprint density at radius 3 is 2.50 bits per heavy atom. The highest BCUT2D eigenvalue weighted by Gasteiger charge is 2.08. The molecular weight excluding hydrogens is 268 g/mol. The van der Waals surface area contributed by atoms with Crippen LogP contribution in [0.1, 0.15) is 19.5 Å². The second kappa shape index (κ2) is 5.34. The number of benzene rings is 1. The van der Waals surface area contributed by atoms with Crippen LogP contribution in [-0.2, 0) is 7.05 Å². The Morgan fingerprint density at radius 1 is 1.31 bits per heavy atom. The van der Waals surface area contributed by atoms with E-state index in [0.717, 1.165) is 26.8 Å². The minimum Gasteiger partial charge on any atom is -0.495 e. The number of fused-ring (bicyclic) bond motifs is 1. The Morgan fingerprint density at radius 2 is 1.94 bits per heavy atom. The molecule has 1 aromatic carbocycles. The van der Waals surface area contributed by atoms with Gasteiger partial charge in [-0.25, -0.2) is 0 Å². The maximum atomic E-state index is 5.21. The third kappa shape index (κ3) is 2.21. The van der Waals surface area contributed by atoms with Crippen molar-refractivity contribution < 1.29 is 4.74 Å². The maximum Gasteiger partial charge on any atom is 0.135 e. The van der Waals surface area contributed by atoms with Gasteiger partial charge in [-0.2, -0.15) is 5.10 Å². The van der Waals surface area contributed by atoms with Crippen LogP contribution in [0.5, 0.6) is 5.75 Å². The van der Waals surface area contributed by atoms with E-state index in [4.69, 9.17) is 4.74 Å². The lowest BCUT2D eigenvalue weighted by Crippen LogP contribution is -1.91. The molecule has 2 rings (SSSR count). The normalized spacial score (nSPS) is 9.88. The zero-order chi connectivity index (χ0) is 12.3. The molecule has 1 aromatic heterocycles. The Bertz CT molecular complexity index is 491. The molecule has 0 aliphatic rings. The second-order valence-corrected chi connectivity index (χ2v) is 4.07. The van der Waals surface area contributed by atoms with Crippen LogP contribution in [0.15, 0.2) is 16.6 Å². The molecule has 16 heavy (non-hydrogen) atoms. The van der Waals surface area contributed by atoms with Gasteiger partial charge in [0.15, 0.2) is 0 Å². The number of rotatable bonds is 1. The van der Waals surface area contributed by atoms with Crippen LogP contribution in [0.25, 0.3) is 10.9 Å². The summed E-state index contributed by atoms with van der Waals surface area (Å²) in [6.45, 7) is 6.05. The van der Waals surface area contributed by atoms with Gasteiger partial charge < -0.3 is 4.74 Å². The Kier molecular flexibility index (Phi) is 4.35. The van der Waals surface area contributed by atoms with Gasteiger partial charge in [0.1, 0.15) is 5.75 Å². The first-order valence-electron chi connectivity index (χ1n) is 5.30. The summed E-state index contributed by atoms with van der Waals surface area (Å²) in [5, 5.41) is 5.53. The zero-order valence-electron chi connectivity index (χ0n) is 10.3. The van der Waals surface area contributed by atoms with E-state index in [2.05, 4.69) is 21.0 Å². The molecule has 0 amide bonds. The Labute approximate surface area is 105 Å². The van der Waals surface area contributed by atoms with Crippen molar-refractivity contribution in [2.45, 2.75) is 20.8 Å². The van der Waals surface area contributed by atoms with Crippen LogP contribution in [-0.4, -0.2) is 16.9 Å². The van der Waals surface area contributed by atoms with Crippen molar-refractivity contribution in [2.24, 2.45) is 7.05 Å². The lowest BCUT2D eigenvalue weighted by Gasteiger charge is -2.01. The minimum absolute atomic E-state index is 0.815. The van der Waals surface area contributed by atoms with Crippen LogP contribution < -0.4 is 4.74 Å². The van der Waals surface area contributed by atoms with E-state index in [1.165, 1.54) is 0 Å². The quantitative estimate of drug-likeness (QED) is 0.799. The molecule has 0 atom stereocenters. The topological polar surface area (TPSA) is 27.1 Å². The first kappa shape index (κ1) is 13.0. The molecule has 0 radical (unpaired) electrons. The van der Waals surface area contributed by atoms with Crippen molar-refractivity contribution in [2.75, 3.05) is 7.11 Å². The SMILES string of the molecule is CC.COc1cc2nn(C)c(C)c2cc1Br. The molecule has 0 N–H and O–H groups in total. The summed E-state index contributed by atoms with van der Waals surface area (Å²) in [7, 11) is 3.59. The van der Waals surface area contributed by atoms with E-state index >= 15 is 0 Å². The first-order valence-corrected chi connectivity index (χ1v) is 6.09. The summed E-state index contributed by atoms with van der Waals surface area (Å²) in [6.07, 6.45) is 0. The second-order valence-electron chi connectivity index (χ2n) is 3.21. The van der Waals surface area contributed by atoms with Crippen LogP contribution in [0.3, 0.4) is 0 Å². The highest BCUT2D eigenvalue weighted by Crippen LogP contribution is 2.30. The number of ether oxygens (including phenoxy) is 1. The highest BCUT2D eigenvalue weighted by molar-refractivity contribution is 9.10. The molecular formula is C12H17BrN2O. The Balaban J connectivity index is 0.000000606. The van der Waals surface area contributed by atoms with Crippen molar-refractivity contribution in [3.8, 4) is 5.75 Å². The van der Waals surface area contributed by atoms with Gasteiger partial charge >= 0.3 is 0 Å². The van der Waals surface area contributed by atoms with Crippen molar-refractivity contribution in [3.63, 3.8) is 0 Å². The van der Waals surface area contributed by atoms with Gasteiger partial charge in [-0.05, 0) is 28.9 Å². The van der Waals surface area contributed by atoms with E-state index in [1.807, 2.05) is 44.6 Å². The predicted octanol–water partition coefficient (Wildman–Crippen LogP) is 3.68. The van der Waals surface area contributed by atoms with Crippen molar-refractivity contribution >= 4 is 26.8 Å². The summed E-state index contributed by atoms with van der Waals surface area (Å²) in [5.74, 6) is 0.815. The third-order valence-corrected chi connectivity index (χ3v) is 3.02. The Hall–Kier alpha value is -1.03. The zero-order valence-corrected chi connectivity index (χ0v) is 11.9. The van der Waals surface area contributed by atoms with Gasteiger partial charge in [-0.1, -0.05) is 13.8 Å². The van der Waals surface area contributed by atoms with Gasteiger partial charge in [-0.3, -0.25) is 4.68 Å². The standard InChI is InChI=1S/C10H11BrN2O.C2H6/c1-6-7-4-8(11)10(14-3)5-9(7)12-13(6)2;1-2/h4-5H,1-3H3;1-2H3. The number of aryl methyl sites for hydroxylation is 2. The molecule has 4 heteroatoms. The predicted molar refractivity (Wildman–Crippen MR) is 71.1 cm³/mol. The summed E-state index contributed by atoms with van der Waals surface area (Å²) in [5.41, 5.74) is 2.12. The number of halogens is 1. The lowest BCUT2D eigenvalue weighted by atomic mass is 10.2. The maximum absolute atomic E-state index is 5.21. The first-order chi connectivity index (χ1) is 7.63. The van der Waals surface area contributed by atoms with Crippen molar-refractivity contribution in [1.82, 2.24) is 9.78 Å². The lowest BCUT2D eigenvalue weighted by molar-refractivity contribution is 0.412. The molecule has 0 spiro atoms. The van der Waals surface area contributed by atoms with E-state index in [9.17, 15) is 0 Å². The van der Waals surface area contributed by atoms with Crippen LogP contribution in [0, 0.1) is 6.92 Å². The molecule has 0 unspecified atom stereocenters. The van der Waals surface area contributed by atoms with Crippen LogP contribution >= 0.6 is 15.9 Å². The van der Waals surface area contributed by atoms with Gasteiger partial charge in [0, 0.05) is 24.2 Å². The molecule has 0 fully saturated rings. The van der Waals surface area contributed by atoms with E-state index in [1.54, 1.807) is 7.11 Å². The molecule has 0 saturated heterocycles. The molecule has 0 saturated carbocycles. The monoisotopic (exact) mass is 284 g/mol. The summed E-state index contributed by atoms with van der Waals surface area (Å²) < 4.78 is 8.04. The summed E-state index contributed by atoms with van der Waals surface area (Å²) in [4.78, 5) is 0.